The minimum atomic E-state index is -3.79. The van der Waals surface area contributed by atoms with Crippen molar-refractivity contribution in [3.63, 3.8) is 0 Å². The Labute approximate surface area is 122 Å². The minimum absolute atomic E-state index is 0.0525. The molecular weight excluding hydrogens is 300 g/mol. The molecule has 0 bridgehead atoms. The quantitative estimate of drug-likeness (QED) is 0.887. The maximum absolute atomic E-state index is 11.1. The number of rotatable bonds is 5. The molecule has 2 rings (SSSR count). The second kappa shape index (κ2) is 5.97. The number of sulfonamides is 1. The number of benzene rings is 1. The number of nitrogens with two attached hydrogens (primary N) is 1. The van der Waals surface area contributed by atoms with E-state index in [1.54, 1.807) is 6.07 Å². The summed E-state index contributed by atoms with van der Waals surface area (Å²) in [5.74, 6) is 0.503. The molecule has 0 aliphatic heterocycles. The van der Waals surface area contributed by atoms with Gasteiger partial charge >= 0.3 is 0 Å². The highest BCUT2D eigenvalue weighted by molar-refractivity contribution is 7.89. The van der Waals surface area contributed by atoms with Gasteiger partial charge in [-0.3, -0.25) is 0 Å². The number of halogens is 1. The molecule has 20 heavy (non-hydrogen) atoms. The molecule has 0 radical (unpaired) electrons. The molecular formula is C13H15ClN2O3S. The molecule has 1 atom stereocenters. The summed E-state index contributed by atoms with van der Waals surface area (Å²) in [4.78, 5) is 0. The molecule has 2 aromatic rings. The number of hydrogen-bond acceptors (Lipinski definition) is 4. The minimum Gasteiger partial charge on any atom is -0.447 e. The molecule has 1 heterocycles. The van der Waals surface area contributed by atoms with Crippen LogP contribution in [-0.4, -0.2) is 8.42 Å². The summed E-state index contributed by atoms with van der Waals surface area (Å²) < 4.78 is 27.3. The second-order valence-corrected chi connectivity index (χ2v) is 6.35. The first-order valence-electron chi connectivity index (χ1n) is 5.96. The van der Waals surface area contributed by atoms with E-state index in [4.69, 9.17) is 21.2 Å². The molecule has 1 aromatic carbocycles. The normalized spacial score (nSPS) is 13.3. The van der Waals surface area contributed by atoms with Crippen LogP contribution >= 0.6 is 11.6 Å². The summed E-state index contributed by atoms with van der Waals surface area (Å²) in [6, 6.07) is 10.5. The van der Waals surface area contributed by atoms with Gasteiger partial charge in [0.15, 0.2) is 0 Å². The highest BCUT2D eigenvalue weighted by Gasteiger charge is 2.13. The van der Waals surface area contributed by atoms with Crippen LogP contribution < -0.4 is 10.5 Å². The predicted octanol–water partition coefficient (Wildman–Crippen LogP) is 2.43. The van der Waals surface area contributed by atoms with Gasteiger partial charge in [-0.2, -0.15) is 0 Å². The lowest BCUT2D eigenvalue weighted by atomic mass is 10.1. The smallest absolute Gasteiger partial charge is 0.271 e. The van der Waals surface area contributed by atoms with Gasteiger partial charge < -0.3 is 9.73 Å². The first kappa shape index (κ1) is 15.1. The van der Waals surface area contributed by atoms with Gasteiger partial charge in [-0.1, -0.05) is 23.7 Å². The summed E-state index contributed by atoms with van der Waals surface area (Å²) in [6.07, 6.45) is 0. The third-order valence-electron chi connectivity index (χ3n) is 2.85. The average Bonchev–Trinajstić information content (AvgIpc) is 2.84. The topological polar surface area (TPSA) is 85.3 Å². The molecule has 0 spiro atoms. The fourth-order valence-electron chi connectivity index (χ4n) is 1.75. The molecule has 0 aliphatic rings. The lowest BCUT2D eigenvalue weighted by Gasteiger charge is -2.13. The zero-order valence-corrected chi connectivity index (χ0v) is 12.4. The van der Waals surface area contributed by atoms with Gasteiger partial charge in [-0.05, 0) is 36.8 Å². The van der Waals surface area contributed by atoms with E-state index in [0.717, 1.165) is 5.56 Å². The van der Waals surface area contributed by atoms with Crippen molar-refractivity contribution in [2.45, 2.75) is 24.6 Å². The lowest BCUT2D eigenvalue weighted by Crippen LogP contribution is -2.17. The molecule has 0 saturated heterocycles. The maximum Gasteiger partial charge on any atom is 0.271 e. The standard InChI is InChI=1S/C13H15ClN2O3S/c1-9(10-3-2-4-11(14)7-10)16-8-12-5-6-13(19-12)20(15,17)18/h2-7,9,16H,8H2,1H3,(H2,15,17,18). The van der Waals surface area contributed by atoms with E-state index < -0.39 is 10.0 Å². The van der Waals surface area contributed by atoms with Crippen LogP contribution in [0.1, 0.15) is 24.3 Å². The summed E-state index contributed by atoms with van der Waals surface area (Å²) in [5.41, 5.74) is 1.04. The van der Waals surface area contributed by atoms with Gasteiger partial charge in [0.1, 0.15) is 5.76 Å². The Hall–Kier alpha value is -1.34. The van der Waals surface area contributed by atoms with Gasteiger partial charge in [0.05, 0.1) is 6.54 Å². The van der Waals surface area contributed by atoms with E-state index in [9.17, 15) is 8.42 Å². The summed E-state index contributed by atoms with van der Waals surface area (Å²) in [5, 5.41) is 8.64. The molecule has 0 saturated carbocycles. The average molecular weight is 315 g/mol. The van der Waals surface area contributed by atoms with Gasteiger partial charge in [0.2, 0.25) is 5.09 Å². The van der Waals surface area contributed by atoms with Gasteiger partial charge in [-0.25, -0.2) is 13.6 Å². The van der Waals surface area contributed by atoms with Crippen molar-refractivity contribution in [1.82, 2.24) is 5.32 Å². The Morgan fingerprint density at radius 3 is 2.70 bits per heavy atom. The summed E-state index contributed by atoms with van der Waals surface area (Å²) >= 11 is 5.93. The molecule has 0 aliphatic carbocycles. The number of furan rings is 1. The summed E-state index contributed by atoms with van der Waals surface area (Å²) in [6.45, 7) is 2.37. The van der Waals surface area contributed by atoms with E-state index in [2.05, 4.69) is 5.32 Å². The second-order valence-electron chi connectivity index (χ2n) is 4.42. The third kappa shape index (κ3) is 3.83. The zero-order chi connectivity index (χ0) is 14.8. The van der Waals surface area contributed by atoms with Crippen LogP contribution in [0.4, 0.5) is 0 Å². The molecule has 1 unspecified atom stereocenters. The van der Waals surface area contributed by atoms with E-state index in [0.29, 0.717) is 17.3 Å². The lowest BCUT2D eigenvalue weighted by molar-refractivity contribution is 0.393. The van der Waals surface area contributed by atoms with Crippen molar-refractivity contribution in [3.05, 3.63) is 52.7 Å². The monoisotopic (exact) mass is 314 g/mol. The number of hydrogen-bond donors (Lipinski definition) is 2. The highest BCUT2D eigenvalue weighted by Crippen LogP contribution is 2.18. The van der Waals surface area contributed by atoms with Crippen LogP contribution in [0.2, 0.25) is 5.02 Å². The Morgan fingerprint density at radius 1 is 1.35 bits per heavy atom. The van der Waals surface area contributed by atoms with Crippen LogP contribution in [0.5, 0.6) is 0 Å². The third-order valence-corrected chi connectivity index (χ3v) is 3.86. The van der Waals surface area contributed by atoms with Crippen molar-refractivity contribution in [1.29, 1.82) is 0 Å². The highest BCUT2D eigenvalue weighted by atomic mass is 35.5. The van der Waals surface area contributed by atoms with E-state index in [-0.39, 0.29) is 11.1 Å². The number of nitrogens with one attached hydrogen (secondary N) is 1. The van der Waals surface area contributed by atoms with Gasteiger partial charge in [-0.15, -0.1) is 0 Å². The molecule has 5 nitrogen and oxygen atoms in total. The Morgan fingerprint density at radius 2 is 2.10 bits per heavy atom. The molecule has 0 amide bonds. The first-order chi connectivity index (χ1) is 9.36. The van der Waals surface area contributed by atoms with Crippen LogP contribution in [-0.2, 0) is 16.6 Å². The van der Waals surface area contributed by atoms with Gasteiger partial charge in [0.25, 0.3) is 10.0 Å². The summed E-state index contributed by atoms with van der Waals surface area (Å²) in [7, 11) is -3.79. The number of primary sulfonamides is 1. The SMILES string of the molecule is CC(NCc1ccc(S(N)(=O)=O)o1)c1cccc(Cl)c1. The van der Waals surface area contributed by atoms with Crippen LogP contribution in [0.3, 0.4) is 0 Å². The van der Waals surface area contributed by atoms with E-state index in [1.165, 1.54) is 6.07 Å². The van der Waals surface area contributed by atoms with Gasteiger partial charge in [0, 0.05) is 11.1 Å². The van der Waals surface area contributed by atoms with Crippen LogP contribution in [0.25, 0.3) is 0 Å². The zero-order valence-electron chi connectivity index (χ0n) is 10.8. The van der Waals surface area contributed by atoms with Crippen molar-refractivity contribution in [3.8, 4) is 0 Å². The fraction of sp³-hybridized carbons (Fsp3) is 0.231. The fourth-order valence-corrected chi connectivity index (χ4v) is 2.43. The largest absolute Gasteiger partial charge is 0.447 e. The van der Waals surface area contributed by atoms with Crippen LogP contribution in [0.15, 0.2) is 45.9 Å². The molecule has 108 valence electrons. The Bertz CT molecular complexity index is 697. The molecule has 3 N–H and O–H groups in total. The molecule has 1 aromatic heterocycles. The molecule has 7 heteroatoms. The first-order valence-corrected chi connectivity index (χ1v) is 7.89. The van der Waals surface area contributed by atoms with Crippen molar-refractivity contribution in [2.24, 2.45) is 5.14 Å². The van der Waals surface area contributed by atoms with Crippen molar-refractivity contribution >= 4 is 21.6 Å². The van der Waals surface area contributed by atoms with Crippen LogP contribution in [0, 0.1) is 0 Å². The van der Waals surface area contributed by atoms with Crippen molar-refractivity contribution < 1.29 is 12.8 Å². The Kier molecular flexibility index (Phi) is 4.49. The molecule has 0 fully saturated rings. The van der Waals surface area contributed by atoms with E-state index >= 15 is 0 Å². The maximum atomic E-state index is 11.1. The Balaban J connectivity index is 2.00. The van der Waals surface area contributed by atoms with Crippen molar-refractivity contribution in [2.75, 3.05) is 0 Å². The predicted molar refractivity (Wildman–Crippen MR) is 76.8 cm³/mol. The van der Waals surface area contributed by atoms with E-state index in [1.807, 2.05) is 31.2 Å².